The van der Waals surface area contributed by atoms with E-state index < -0.39 is 22.9 Å². The van der Waals surface area contributed by atoms with Crippen LogP contribution in [0.4, 0.5) is 13.2 Å². The Bertz CT molecular complexity index is 901. The maximum Gasteiger partial charge on any atom is 0.432 e. The third-order valence-electron chi connectivity index (χ3n) is 3.37. The lowest BCUT2D eigenvalue weighted by Crippen LogP contribution is -2.19. The molecule has 1 N–H and O–H groups in total. The van der Waals surface area contributed by atoms with Gasteiger partial charge in [-0.15, -0.1) is 0 Å². The second-order valence-electron chi connectivity index (χ2n) is 4.87. The smallest absolute Gasteiger partial charge is 0.350 e. The minimum atomic E-state index is -4.67. The molecule has 0 amide bonds. The Morgan fingerprint density at radius 2 is 1.68 bits per heavy atom. The van der Waals surface area contributed by atoms with Crippen LogP contribution in [0.5, 0.6) is 0 Å². The summed E-state index contributed by atoms with van der Waals surface area (Å²) in [7, 11) is 5.63. The molecule has 2 aromatic carbocycles. The Labute approximate surface area is 125 Å². The van der Waals surface area contributed by atoms with Crippen molar-refractivity contribution in [2.45, 2.75) is 6.18 Å². The minimum absolute atomic E-state index is 0.103. The van der Waals surface area contributed by atoms with Crippen molar-refractivity contribution < 1.29 is 13.2 Å². The molecule has 0 spiro atoms. The predicted molar refractivity (Wildman–Crippen MR) is 80.4 cm³/mol. The Kier molecular flexibility index (Phi) is 3.32. The molecule has 0 atom stereocenters. The van der Waals surface area contributed by atoms with Gasteiger partial charge in [0.05, 0.1) is 5.56 Å². The van der Waals surface area contributed by atoms with Gasteiger partial charge in [0.1, 0.15) is 13.5 Å². The predicted octanol–water partition coefficient (Wildman–Crippen LogP) is 3.01. The molecule has 6 heteroatoms. The molecule has 1 heterocycles. The van der Waals surface area contributed by atoms with E-state index in [4.69, 9.17) is 7.85 Å². The SMILES string of the molecule is [B]c1ccc2[nH]c(C(F)(F)F)c(-c3ccccc3)c(=O)c2c1. The molecule has 2 nitrogen and oxygen atoms in total. The van der Waals surface area contributed by atoms with E-state index in [2.05, 4.69) is 4.98 Å². The number of pyridine rings is 1. The first-order valence-corrected chi connectivity index (χ1v) is 6.46. The molecule has 0 aliphatic heterocycles. The normalized spacial score (nSPS) is 11.8. The van der Waals surface area contributed by atoms with Crippen LogP contribution in [0.2, 0.25) is 0 Å². The zero-order valence-electron chi connectivity index (χ0n) is 11.2. The lowest BCUT2D eigenvalue weighted by Gasteiger charge is -2.14. The van der Waals surface area contributed by atoms with Crippen LogP contribution in [-0.2, 0) is 6.18 Å². The van der Waals surface area contributed by atoms with E-state index in [0.717, 1.165) is 0 Å². The van der Waals surface area contributed by atoms with Gasteiger partial charge >= 0.3 is 6.18 Å². The molecule has 22 heavy (non-hydrogen) atoms. The van der Waals surface area contributed by atoms with Crippen LogP contribution in [0.25, 0.3) is 22.0 Å². The molecule has 0 bridgehead atoms. The number of rotatable bonds is 1. The molecule has 3 aromatic rings. The molecule has 0 saturated heterocycles. The third-order valence-corrected chi connectivity index (χ3v) is 3.37. The molecule has 0 saturated carbocycles. The fourth-order valence-electron chi connectivity index (χ4n) is 2.40. The zero-order chi connectivity index (χ0) is 15.9. The van der Waals surface area contributed by atoms with Gasteiger partial charge in [0.25, 0.3) is 0 Å². The molecular weight excluding hydrogens is 290 g/mol. The Hall–Kier alpha value is -2.50. The molecule has 0 fully saturated rings. The maximum absolute atomic E-state index is 13.3. The standard InChI is InChI=1S/C16H9BF3NO/c17-10-6-7-12-11(8-10)14(22)13(9-4-2-1-3-5-9)15(21-12)16(18,19)20/h1-8H,(H,21,22). The number of hydrogen-bond donors (Lipinski definition) is 1. The molecule has 0 unspecified atom stereocenters. The number of benzene rings is 2. The molecule has 0 aliphatic rings. The fraction of sp³-hybridized carbons (Fsp3) is 0.0625. The molecule has 2 radical (unpaired) electrons. The second-order valence-corrected chi connectivity index (χ2v) is 4.87. The summed E-state index contributed by atoms with van der Waals surface area (Å²) in [6.07, 6.45) is -4.67. The number of hydrogen-bond acceptors (Lipinski definition) is 1. The Morgan fingerprint density at radius 3 is 2.32 bits per heavy atom. The Morgan fingerprint density at radius 1 is 1.00 bits per heavy atom. The van der Waals surface area contributed by atoms with Crippen molar-refractivity contribution in [2.75, 3.05) is 0 Å². The van der Waals surface area contributed by atoms with E-state index >= 15 is 0 Å². The summed E-state index contributed by atoms with van der Waals surface area (Å²) in [5.41, 5.74) is -1.52. The van der Waals surface area contributed by atoms with Crippen molar-refractivity contribution >= 4 is 24.2 Å². The van der Waals surface area contributed by atoms with Gasteiger partial charge in [-0.1, -0.05) is 47.9 Å². The van der Waals surface area contributed by atoms with Gasteiger partial charge in [-0.05, 0) is 11.6 Å². The van der Waals surface area contributed by atoms with Gasteiger partial charge in [-0.3, -0.25) is 4.79 Å². The van der Waals surface area contributed by atoms with E-state index in [1.165, 1.54) is 30.3 Å². The van der Waals surface area contributed by atoms with Crippen molar-refractivity contribution in [3.63, 3.8) is 0 Å². The fourth-order valence-corrected chi connectivity index (χ4v) is 2.40. The average molecular weight is 299 g/mol. The highest BCUT2D eigenvalue weighted by Gasteiger charge is 2.36. The van der Waals surface area contributed by atoms with E-state index in [9.17, 15) is 18.0 Å². The van der Waals surface area contributed by atoms with Crippen molar-refractivity contribution in [3.8, 4) is 11.1 Å². The number of nitrogens with one attached hydrogen (secondary N) is 1. The van der Waals surface area contributed by atoms with Gasteiger partial charge in [-0.2, -0.15) is 13.2 Å². The van der Waals surface area contributed by atoms with Gasteiger partial charge in [-0.25, -0.2) is 0 Å². The second kappa shape index (κ2) is 5.05. The highest BCUT2D eigenvalue weighted by Crippen LogP contribution is 2.34. The lowest BCUT2D eigenvalue weighted by molar-refractivity contribution is -0.140. The quantitative estimate of drug-likeness (QED) is 0.688. The molecule has 108 valence electrons. The van der Waals surface area contributed by atoms with Crippen LogP contribution in [0.3, 0.4) is 0 Å². The highest BCUT2D eigenvalue weighted by molar-refractivity contribution is 6.33. The number of fused-ring (bicyclic) bond motifs is 1. The monoisotopic (exact) mass is 299 g/mol. The third kappa shape index (κ3) is 2.41. The number of aromatic amines is 1. The summed E-state index contributed by atoms with van der Waals surface area (Å²) in [4.78, 5) is 14.9. The minimum Gasteiger partial charge on any atom is -0.350 e. The number of alkyl halides is 3. The average Bonchev–Trinajstić information content (AvgIpc) is 2.47. The number of H-pyrrole nitrogens is 1. The van der Waals surface area contributed by atoms with Crippen LogP contribution in [-0.4, -0.2) is 12.8 Å². The van der Waals surface area contributed by atoms with Crippen molar-refractivity contribution in [1.29, 1.82) is 0 Å². The molecular formula is C16H9BF3NO. The van der Waals surface area contributed by atoms with Crippen molar-refractivity contribution in [3.05, 3.63) is 64.4 Å². The largest absolute Gasteiger partial charge is 0.432 e. The molecule has 1 aromatic heterocycles. The maximum atomic E-state index is 13.3. The van der Waals surface area contributed by atoms with Crippen LogP contribution in [0.15, 0.2) is 53.3 Å². The summed E-state index contributed by atoms with van der Waals surface area (Å²) in [6, 6.07) is 12.0. The van der Waals surface area contributed by atoms with Gasteiger partial charge in [0.15, 0.2) is 5.43 Å². The topological polar surface area (TPSA) is 32.9 Å². The van der Waals surface area contributed by atoms with Crippen molar-refractivity contribution in [2.24, 2.45) is 0 Å². The van der Waals surface area contributed by atoms with Crippen LogP contribution in [0, 0.1) is 0 Å². The summed E-state index contributed by atoms with van der Waals surface area (Å²) >= 11 is 0. The first-order valence-electron chi connectivity index (χ1n) is 6.46. The molecule has 0 aliphatic carbocycles. The van der Waals surface area contributed by atoms with E-state index in [1.54, 1.807) is 18.2 Å². The number of aromatic nitrogens is 1. The van der Waals surface area contributed by atoms with Gasteiger partial charge in [0.2, 0.25) is 0 Å². The Balaban J connectivity index is 2.47. The van der Waals surface area contributed by atoms with Crippen LogP contribution < -0.4 is 10.9 Å². The van der Waals surface area contributed by atoms with E-state index in [-0.39, 0.29) is 16.5 Å². The summed E-state index contributed by atoms with van der Waals surface area (Å²) in [5, 5.41) is 0.131. The van der Waals surface area contributed by atoms with E-state index in [1.807, 2.05) is 0 Å². The summed E-state index contributed by atoms with van der Waals surface area (Å²) in [6.45, 7) is 0. The van der Waals surface area contributed by atoms with E-state index in [0.29, 0.717) is 5.46 Å². The summed E-state index contributed by atoms with van der Waals surface area (Å²) in [5.74, 6) is 0. The van der Waals surface area contributed by atoms with Crippen molar-refractivity contribution in [1.82, 2.24) is 4.98 Å². The number of halogens is 3. The highest BCUT2D eigenvalue weighted by atomic mass is 19.4. The lowest BCUT2D eigenvalue weighted by atomic mass is 9.93. The zero-order valence-corrected chi connectivity index (χ0v) is 11.2. The van der Waals surface area contributed by atoms with Crippen LogP contribution >= 0.6 is 0 Å². The summed E-state index contributed by atoms with van der Waals surface area (Å²) < 4.78 is 40.0. The van der Waals surface area contributed by atoms with Gasteiger partial charge < -0.3 is 4.98 Å². The first-order chi connectivity index (χ1) is 10.4. The first kappa shape index (κ1) is 14.4. The van der Waals surface area contributed by atoms with Gasteiger partial charge in [0, 0.05) is 10.9 Å². The molecule has 3 rings (SSSR count). The van der Waals surface area contributed by atoms with Crippen LogP contribution in [0.1, 0.15) is 5.69 Å².